The van der Waals surface area contributed by atoms with E-state index >= 15 is 0 Å². The van der Waals surface area contributed by atoms with E-state index in [0.717, 1.165) is 19.3 Å². The number of hydrogen-bond acceptors (Lipinski definition) is 5. The Morgan fingerprint density at radius 1 is 1.00 bits per heavy atom. The summed E-state index contributed by atoms with van der Waals surface area (Å²) < 4.78 is 39.1. The van der Waals surface area contributed by atoms with Crippen LogP contribution in [-0.4, -0.2) is 18.9 Å². The summed E-state index contributed by atoms with van der Waals surface area (Å²) in [7, 11) is -4.51. The monoisotopic (exact) mass is 529 g/mol. The highest BCUT2D eigenvalue weighted by molar-refractivity contribution is 14.1. The van der Waals surface area contributed by atoms with Gasteiger partial charge in [-0.15, -0.1) is 0 Å². The minimum absolute atomic E-state index is 0.169. The SMILES string of the molecule is O=C(Oc1ccc(S(=O)(=O)[O-])cc1)c1c(I)cccc1I. The molecule has 0 radical (unpaired) electrons. The molecule has 2 aromatic rings. The van der Waals surface area contributed by atoms with Crippen LogP contribution in [0, 0.1) is 7.14 Å². The average Bonchev–Trinajstić information content (AvgIpc) is 2.38. The van der Waals surface area contributed by atoms with Crippen molar-refractivity contribution >= 4 is 61.3 Å². The van der Waals surface area contributed by atoms with Crippen molar-refractivity contribution in [2.24, 2.45) is 0 Å². The Balaban J connectivity index is 2.24. The summed E-state index contributed by atoms with van der Waals surface area (Å²) in [6.45, 7) is 0. The second kappa shape index (κ2) is 6.58. The van der Waals surface area contributed by atoms with Gasteiger partial charge in [0.05, 0.1) is 10.5 Å². The van der Waals surface area contributed by atoms with Gasteiger partial charge < -0.3 is 9.29 Å². The standard InChI is InChI=1S/C13H8I2O5S/c14-10-2-1-3-11(15)12(10)13(16)20-8-4-6-9(7-5-8)21(17,18)19/h1-7H,(H,17,18,19)/p-1. The number of halogens is 2. The van der Waals surface area contributed by atoms with E-state index in [1.165, 1.54) is 12.1 Å². The summed E-state index contributed by atoms with van der Waals surface area (Å²) >= 11 is 4.07. The van der Waals surface area contributed by atoms with Crippen LogP contribution in [-0.2, 0) is 10.1 Å². The molecule has 0 unspecified atom stereocenters. The molecule has 21 heavy (non-hydrogen) atoms. The van der Waals surface area contributed by atoms with E-state index < -0.39 is 16.1 Å². The number of esters is 1. The molecule has 0 amide bonds. The summed E-state index contributed by atoms with van der Waals surface area (Å²) in [5, 5.41) is 0. The molecule has 0 aliphatic heterocycles. The number of carbonyl (C=O) groups excluding carboxylic acids is 1. The summed E-state index contributed by atoms with van der Waals surface area (Å²) in [5.74, 6) is -0.370. The first-order chi connectivity index (χ1) is 9.79. The lowest BCUT2D eigenvalue weighted by Gasteiger charge is -2.10. The molecule has 0 fully saturated rings. The van der Waals surface area contributed by atoms with Crippen LogP contribution >= 0.6 is 45.2 Å². The van der Waals surface area contributed by atoms with Gasteiger partial charge >= 0.3 is 5.97 Å². The quantitative estimate of drug-likeness (QED) is 0.265. The van der Waals surface area contributed by atoms with Crippen molar-refractivity contribution in [3.8, 4) is 5.75 Å². The first kappa shape index (κ1) is 16.6. The van der Waals surface area contributed by atoms with Crippen LogP contribution in [0.4, 0.5) is 0 Å². The van der Waals surface area contributed by atoms with E-state index in [1.807, 2.05) is 51.2 Å². The van der Waals surface area contributed by atoms with Gasteiger partial charge in [-0.3, -0.25) is 0 Å². The normalized spacial score (nSPS) is 11.2. The molecule has 2 rings (SSSR count). The molecule has 0 aliphatic rings. The summed E-state index contributed by atoms with van der Waals surface area (Å²) in [4.78, 5) is 11.8. The van der Waals surface area contributed by atoms with E-state index in [9.17, 15) is 17.8 Å². The van der Waals surface area contributed by atoms with E-state index in [1.54, 1.807) is 12.1 Å². The zero-order chi connectivity index (χ0) is 15.6. The highest BCUT2D eigenvalue weighted by atomic mass is 127. The van der Waals surface area contributed by atoms with Crippen LogP contribution in [0.25, 0.3) is 0 Å². The number of hydrogen-bond donors (Lipinski definition) is 0. The highest BCUT2D eigenvalue weighted by Gasteiger charge is 2.16. The molecule has 110 valence electrons. The average molecular weight is 529 g/mol. The molecular weight excluding hydrogens is 522 g/mol. The second-order valence-corrected chi connectivity index (χ2v) is 7.62. The molecule has 0 atom stereocenters. The Labute approximate surface area is 148 Å². The molecule has 0 heterocycles. The fraction of sp³-hybridized carbons (Fsp3) is 0. The van der Waals surface area contributed by atoms with Gasteiger partial charge in [-0.05, 0) is 81.6 Å². The number of carbonyl (C=O) groups is 1. The van der Waals surface area contributed by atoms with Gasteiger partial charge in [0.2, 0.25) is 0 Å². The molecule has 0 aromatic heterocycles. The zero-order valence-electron chi connectivity index (χ0n) is 10.2. The van der Waals surface area contributed by atoms with Gasteiger partial charge in [0.15, 0.2) is 0 Å². The van der Waals surface area contributed by atoms with E-state index in [0.29, 0.717) is 5.56 Å². The minimum Gasteiger partial charge on any atom is -0.744 e. The van der Waals surface area contributed by atoms with Crippen LogP contribution in [0.15, 0.2) is 47.4 Å². The summed E-state index contributed by atoms with van der Waals surface area (Å²) in [6.07, 6.45) is 0. The van der Waals surface area contributed by atoms with E-state index in [4.69, 9.17) is 4.74 Å². The predicted molar refractivity (Wildman–Crippen MR) is 91.2 cm³/mol. The summed E-state index contributed by atoms with van der Waals surface area (Å²) in [5.41, 5.74) is 0.444. The molecular formula is C13H7I2O5S-. The van der Waals surface area contributed by atoms with Crippen molar-refractivity contribution in [3.05, 3.63) is 55.2 Å². The Kier molecular flexibility index (Phi) is 5.22. The lowest BCUT2D eigenvalue weighted by atomic mass is 10.2. The number of ether oxygens (including phenoxy) is 1. The van der Waals surface area contributed by atoms with Crippen molar-refractivity contribution in [3.63, 3.8) is 0 Å². The molecule has 0 saturated carbocycles. The van der Waals surface area contributed by atoms with Crippen molar-refractivity contribution in [1.29, 1.82) is 0 Å². The molecule has 8 heteroatoms. The van der Waals surface area contributed by atoms with Gasteiger partial charge in [0.1, 0.15) is 15.9 Å². The van der Waals surface area contributed by atoms with Gasteiger partial charge in [0.25, 0.3) is 0 Å². The fourth-order valence-electron chi connectivity index (χ4n) is 1.53. The first-order valence-corrected chi connectivity index (χ1v) is 9.08. The van der Waals surface area contributed by atoms with Crippen molar-refractivity contribution in [2.75, 3.05) is 0 Å². The van der Waals surface area contributed by atoms with Crippen LogP contribution < -0.4 is 4.74 Å². The minimum atomic E-state index is -4.51. The molecule has 0 bridgehead atoms. The predicted octanol–water partition coefficient (Wildman–Crippen LogP) is 3.02. The lowest BCUT2D eigenvalue weighted by molar-refractivity contribution is 0.0732. The van der Waals surface area contributed by atoms with Gasteiger partial charge in [-0.1, -0.05) is 6.07 Å². The first-order valence-electron chi connectivity index (χ1n) is 5.51. The Morgan fingerprint density at radius 3 is 2.00 bits per heavy atom. The zero-order valence-corrected chi connectivity index (χ0v) is 15.4. The lowest BCUT2D eigenvalue weighted by Crippen LogP contribution is -2.12. The third-order valence-corrected chi connectivity index (χ3v) is 5.14. The Bertz CT molecular complexity index is 764. The smallest absolute Gasteiger partial charge is 0.345 e. The van der Waals surface area contributed by atoms with E-state index in [2.05, 4.69) is 0 Å². The third kappa shape index (κ3) is 4.14. The third-order valence-electron chi connectivity index (χ3n) is 2.49. The van der Waals surface area contributed by atoms with Crippen molar-refractivity contribution < 1.29 is 22.5 Å². The second-order valence-electron chi connectivity index (χ2n) is 3.91. The summed E-state index contributed by atoms with van der Waals surface area (Å²) in [6, 6.07) is 10.1. The fourth-order valence-corrected chi connectivity index (χ4v) is 3.95. The molecule has 0 N–H and O–H groups in total. The molecule has 0 aliphatic carbocycles. The van der Waals surface area contributed by atoms with Gasteiger partial charge in [-0.2, -0.15) is 0 Å². The maximum absolute atomic E-state index is 12.1. The van der Waals surface area contributed by atoms with Crippen LogP contribution in [0.1, 0.15) is 10.4 Å². The molecule has 5 nitrogen and oxygen atoms in total. The van der Waals surface area contributed by atoms with Crippen LogP contribution in [0.5, 0.6) is 5.75 Å². The van der Waals surface area contributed by atoms with E-state index in [-0.39, 0.29) is 10.6 Å². The van der Waals surface area contributed by atoms with Gasteiger partial charge in [0, 0.05) is 7.14 Å². The molecule has 0 saturated heterocycles. The van der Waals surface area contributed by atoms with Crippen molar-refractivity contribution in [2.45, 2.75) is 4.90 Å². The number of benzene rings is 2. The highest BCUT2D eigenvalue weighted by Crippen LogP contribution is 2.22. The maximum Gasteiger partial charge on any atom is 0.345 e. The van der Waals surface area contributed by atoms with Crippen LogP contribution in [0.2, 0.25) is 0 Å². The largest absolute Gasteiger partial charge is 0.744 e. The van der Waals surface area contributed by atoms with Crippen molar-refractivity contribution in [1.82, 2.24) is 0 Å². The maximum atomic E-state index is 12.1. The van der Waals surface area contributed by atoms with Gasteiger partial charge in [-0.25, -0.2) is 13.2 Å². The topological polar surface area (TPSA) is 83.5 Å². The Morgan fingerprint density at radius 2 is 1.52 bits per heavy atom. The molecule has 0 spiro atoms. The Hall–Kier alpha value is -0.720. The molecule has 2 aromatic carbocycles. The van der Waals surface area contributed by atoms with Crippen LogP contribution in [0.3, 0.4) is 0 Å². The number of rotatable bonds is 3.